The van der Waals surface area contributed by atoms with E-state index in [-0.39, 0.29) is 16.5 Å². The summed E-state index contributed by atoms with van der Waals surface area (Å²) in [7, 11) is 1.13. The molecule has 0 aliphatic rings. The van der Waals surface area contributed by atoms with Crippen LogP contribution in [0, 0.1) is 0 Å². The van der Waals surface area contributed by atoms with Crippen molar-refractivity contribution in [1.29, 1.82) is 0 Å². The van der Waals surface area contributed by atoms with E-state index in [1.165, 1.54) is 18.2 Å². The first kappa shape index (κ1) is 11.4. The number of alkyl halides is 3. The average Bonchev–Trinajstić information content (AvgIpc) is 2.51. The van der Waals surface area contributed by atoms with E-state index in [4.69, 9.17) is 5.11 Å². The van der Waals surface area contributed by atoms with Crippen LogP contribution in [0.4, 0.5) is 13.2 Å². The Morgan fingerprint density at radius 2 is 2.06 bits per heavy atom. The molecule has 0 amide bonds. The molecule has 17 heavy (non-hydrogen) atoms. The zero-order valence-electron chi connectivity index (χ0n) is 8.62. The van der Waals surface area contributed by atoms with Gasteiger partial charge in [-0.05, 0) is 6.07 Å². The van der Waals surface area contributed by atoms with Crippen LogP contribution in [0.2, 0.25) is 0 Å². The standard InChI is InChI=1S/C10H7F3N2O2/c1-15-8(10(11,12)13)5-3-2-4-6(9(16)17)7(5)14-15/h2-4H,1H3,(H,16,17). The lowest BCUT2D eigenvalue weighted by Gasteiger charge is -2.06. The van der Waals surface area contributed by atoms with E-state index < -0.39 is 17.8 Å². The number of hydrogen-bond acceptors (Lipinski definition) is 2. The third-order valence-electron chi connectivity index (χ3n) is 2.36. The highest BCUT2D eigenvalue weighted by atomic mass is 19.4. The molecule has 0 bridgehead atoms. The summed E-state index contributed by atoms with van der Waals surface area (Å²) in [6.07, 6.45) is -4.57. The third kappa shape index (κ3) is 1.73. The predicted octanol–water partition coefficient (Wildman–Crippen LogP) is 2.29. The Kier molecular flexibility index (Phi) is 2.34. The lowest BCUT2D eigenvalue weighted by atomic mass is 10.1. The maximum atomic E-state index is 12.7. The number of carbonyl (C=O) groups is 1. The molecular weight excluding hydrogens is 237 g/mol. The number of aromatic nitrogens is 2. The molecule has 0 spiro atoms. The van der Waals surface area contributed by atoms with Crippen molar-refractivity contribution in [2.75, 3.05) is 0 Å². The molecule has 1 aromatic carbocycles. The summed E-state index contributed by atoms with van der Waals surface area (Å²) < 4.78 is 38.9. The van der Waals surface area contributed by atoms with E-state index in [1.807, 2.05) is 0 Å². The van der Waals surface area contributed by atoms with Gasteiger partial charge in [-0.15, -0.1) is 0 Å². The van der Waals surface area contributed by atoms with Crippen molar-refractivity contribution in [3.63, 3.8) is 0 Å². The second-order valence-corrected chi connectivity index (χ2v) is 3.48. The molecule has 7 heteroatoms. The van der Waals surface area contributed by atoms with Crippen LogP contribution in [0.15, 0.2) is 18.2 Å². The monoisotopic (exact) mass is 244 g/mol. The minimum absolute atomic E-state index is 0.158. The number of fused-ring (bicyclic) bond motifs is 1. The lowest BCUT2D eigenvalue weighted by molar-refractivity contribution is -0.142. The number of hydrogen-bond donors (Lipinski definition) is 1. The summed E-state index contributed by atoms with van der Waals surface area (Å²) in [5, 5.41) is 12.3. The second-order valence-electron chi connectivity index (χ2n) is 3.48. The molecule has 0 radical (unpaired) electrons. The summed E-state index contributed by atoms with van der Waals surface area (Å²) in [6, 6.07) is 3.69. The Hall–Kier alpha value is -2.05. The van der Waals surface area contributed by atoms with Gasteiger partial charge >= 0.3 is 12.1 Å². The normalized spacial score (nSPS) is 12.0. The highest BCUT2D eigenvalue weighted by Gasteiger charge is 2.37. The molecule has 0 aliphatic carbocycles. The Labute approximate surface area is 93.3 Å². The highest BCUT2D eigenvalue weighted by Crippen LogP contribution is 2.35. The van der Waals surface area contributed by atoms with Gasteiger partial charge in [0.15, 0.2) is 0 Å². The zero-order valence-corrected chi connectivity index (χ0v) is 8.62. The number of carboxylic acid groups (broad SMARTS) is 1. The average molecular weight is 244 g/mol. The van der Waals surface area contributed by atoms with E-state index in [0.29, 0.717) is 4.68 Å². The minimum atomic E-state index is -4.57. The molecule has 0 unspecified atom stereocenters. The molecule has 0 fully saturated rings. The third-order valence-corrected chi connectivity index (χ3v) is 2.36. The van der Waals surface area contributed by atoms with E-state index in [9.17, 15) is 18.0 Å². The van der Waals surface area contributed by atoms with Gasteiger partial charge in [-0.2, -0.15) is 18.3 Å². The van der Waals surface area contributed by atoms with Crippen LogP contribution in [0.25, 0.3) is 10.9 Å². The molecule has 1 aromatic heterocycles. The summed E-state index contributed by atoms with van der Waals surface area (Å²) in [4.78, 5) is 10.9. The molecule has 90 valence electrons. The van der Waals surface area contributed by atoms with Crippen molar-refractivity contribution < 1.29 is 23.1 Å². The second kappa shape index (κ2) is 3.47. The largest absolute Gasteiger partial charge is 0.478 e. The predicted molar refractivity (Wildman–Crippen MR) is 52.7 cm³/mol. The van der Waals surface area contributed by atoms with E-state index >= 15 is 0 Å². The summed E-state index contributed by atoms with van der Waals surface area (Å²) >= 11 is 0. The Balaban J connectivity index is 2.86. The topological polar surface area (TPSA) is 55.1 Å². The molecule has 1 N–H and O–H groups in total. The number of rotatable bonds is 1. The smallest absolute Gasteiger partial charge is 0.433 e. The molecular formula is C10H7F3N2O2. The van der Waals surface area contributed by atoms with Gasteiger partial charge in [0.05, 0.1) is 5.56 Å². The Bertz CT molecular complexity index is 601. The van der Waals surface area contributed by atoms with Gasteiger partial charge in [0.2, 0.25) is 0 Å². The van der Waals surface area contributed by atoms with Crippen LogP contribution in [0.1, 0.15) is 16.1 Å². The first-order valence-electron chi connectivity index (χ1n) is 4.58. The molecule has 0 saturated carbocycles. The highest BCUT2D eigenvalue weighted by molar-refractivity contribution is 6.02. The van der Waals surface area contributed by atoms with Crippen molar-refractivity contribution in [2.45, 2.75) is 6.18 Å². The SMILES string of the molecule is Cn1nc2c(C(=O)O)cccc2c1C(F)(F)F. The van der Waals surface area contributed by atoms with Gasteiger partial charge in [-0.25, -0.2) is 4.79 Å². The number of benzene rings is 1. The van der Waals surface area contributed by atoms with E-state index in [2.05, 4.69) is 5.10 Å². The Morgan fingerprint density at radius 3 is 2.59 bits per heavy atom. The Morgan fingerprint density at radius 1 is 1.41 bits per heavy atom. The van der Waals surface area contributed by atoms with Gasteiger partial charge in [0.25, 0.3) is 0 Å². The molecule has 2 aromatic rings. The van der Waals surface area contributed by atoms with Crippen LogP contribution in [0.5, 0.6) is 0 Å². The number of aromatic carboxylic acids is 1. The van der Waals surface area contributed by atoms with Gasteiger partial charge in [0.1, 0.15) is 11.2 Å². The summed E-state index contributed by atoms with van der Waals surface area (Å²) in [6.45, 7) is 0. The van der Waals surface area contributed by atoms with Gasteiger partial charge in [0, 0.05) is 12.4 Å². The van der Waals surface area contributed by atoms with Gasteiger partial charge < -0.3 is 5.11 Å². The first-order chi connectivity index (χ1) is 7.82. The van der Waals surface area contributed by atoms with Crippen molar-refractivity contribution in [3.8, 4) is 0 Å². The van der Waals surface area contributed by atoms with Crippen molar-refractivity contribution in [1.82, 2.24) is 9.78 Å². The zero-order chi connectivity index (χ0) is 12.8. The number of halogens is 3. The minimum Gasteiger partial charge on any atom is -0.478 e. The van der Waals surface area contributed by atoms with Crippen molar-refractivity contribution >= 4 is 16.9 Å². The van der Waals surface area contributed by atoms with Crippen molar-refractivity contribution in [3.05, 3.63) is 29.5 Å². The maximum Gasteiger partial charge on any atom is 0.433 e. The van der Waals surface area contributed by atoms with Gasteiger partial charge in [-0.1, -0.05) is 12.1 Å². The quantitative estimate of drug-likeness (QED) is 0.837. The fourth-order valence-electron chi connectivity index (χ4n) is 1.73. The van der Waals surface area contributed by atoms with Crippen LogP contribution in [0.3, 0.4) is 0 Å². The van der Waals surface area contributed by atoms with Crippen LogP contribution in [-0.2, 0) is 13.2 Å². The molecule has 2 rings (SSSR count). The first-order valence-corrected chi connectivity index (χ1v) is 4.58. The molecule has 0 saturated heterocycles. The fraction of sp³-hybridized carbons (Fsp3) is 0.200. The fourth-order valence-corrected chi connectivity index (χ4v) is 1.73. The van der Waals surface area contributed by atoms with Crippen molar-refractivity contribution in [2.24, 2.45) is 7.05 Å². The lowest BCUT2D eigenvalue weighted by Crippen LogP contribution is -2.11. The molecule has 0 atom stereocenters. The van der Waals surface area contributed by atoms with Crippen LogP contribution >= 0.6 is 0 Å². The number of aryl methyl sites for hydroxylation is 1. The maximum absolute atomic E-state index is 12.7. The molecule has 4 nitrogen and oxygen atoms in total. The van der Waals surface area contributed by atoms with Gasteiger partial charge in [-0.3, -0.25) is 4.68 Å². The van der Waals surface area contributed by atoms with E-state index in [1.54, 1.807) is 0 Å². The number of carboxylic acids is 1. The molecule has 0 aliphatic heterocycles. The number of nitrogens with zero attached hydrogens (tertiary/aromatic N) is 2. The molecule has 1 heterocycles. The summed E-state index contributed by atoms with van der Waals surface area (Å²) in [5.74, 6) is -1.30. The summed E-state index contributed by atoms with van der Waals surface area (Å²) in [5.41, 5.74) is -1.35. The van der Waals surface area contributed by atoms with E-state index in [0.717, 1.165) is 7.05 Å². The van der Waals surface area contributed by atoms with Crippen LogP contribution in [-0.4, -0.2) is 20.9 Å². The van der Waals surface area contributed by atoms with Crippen LogP contribution < -0.4 is 0 Å².